The third-order valence-corrected chi connectivity index (χ3v) is 8.42. The lowest BCUT2D eigenvalue weighted by molar-refractivity contribution is 0.0866. The van der Waals surface area contributed by atoms with Gasteiger partial charge in [-0.1, -0.05) is 76.3 Å². The van der Waals surface area contributed by atoms with Crippen LogP contribution in [0, 0.1) is 29.6 Å². The zero-order chi connectivity index (χ0) is 21.6. The number of ether oxygens (including phenoxy) is 1. The van der Waals surface area contributed by atoms with Crippen LogP contribution < -0.4 is 5.32 Å². The second-order valence-corrected chi connectivity index (χ2v) is 12.2. The van der Waals surface area contributed by atoms with E-state index in [0.717, 1.165) is 42.4 Å². The molecule has 0 spiro atoms. The van der Waals surface area contributed by atoms with Gasteiger partial charge < -0.3 is 10.1 Å². The van der Waals surface area contributed by atoms with E-state index in [9.17, 15) is 4.79 Å². The molecule has 3 aliphatic carbocycles. The van der Waals surface area contributed by atoms with E-state index in [0.29, 0.717) is 0 Å². The summed E-state index contributed by atoms with van der Waals surface area (Å²) in [7, 11) is 0. The molecule has 3 nitrogen and oxygen atoms in total. The van der Waals surface area contributed by atoms with E-state index in [1.807, 2.05) is 0 Å². The van der Waals surface area contributed by atoms with Crippen molar-refractivity contribution in [3.05, 3.63) is 0 Å². The van der Waals surface area contributed by atoms with Crippen LogP contribution in [-0.2, 0) is 4.74 Å². The van der Waals surface area contributed by atoms with Crippen molar-refractivity contribution >= 4 is 17.7 Å². The summed E-state index contributed by atoms with van der Waals surface area (Å²) in [4.78, 5) is 11.9. The van der Waals surface area contributed by atoms with Crippen LogP contribution >= 0.6 is 11.6 Å². The van der Waals surface area contributed by atoms with Crippen molar-refractivity contribution in [3.63, 3.8) is 0 Å². The molecule has 174 valence electrons. The van der Waals surface area contributed by atoms with Crippen molar-refractivity contribution in [2.24, 2.45) is 29.6 Å². The normalized spacial score (nSPS) is 35.6. The maximum Gasteiger partial charge on any atom is 0.409 e. The third-order valence-electron chi connectivity index (χ3n) is 8.35. The predicted octanol–water partition coefficient (Wildman–Crippen LogP) is 8.05. The summed E-state index contributed by atoms with van der Waals surface area (Å²) < 4.78 is 5.18. The molecule has 0 atom stereocenters. The topological polar surface area (TPSA) is 38.3 Å². The van der Waals surface area contributed by atoms with Gasteiger partial charge in [0.05, 0.1) is 0 Å². The molecule has 0 saturated heterocycles. The molecule has 3 fully saturated rings. The summed E-state index contributed by atoms with van der Waals surface area (Å²) in [6.07, 6.45) is 20.5. The number of nitrogens with one attached hydrogen (secondary N) is 1. The Labute approximate surface area is 190 Å². The summed E-state index contributed by atoms with van der Waals surface area (Å²) in [6, 6.07) is 0.256. The van der Waals surface area contributed by atoms with Crippen molar-refractivity contribution in [1.82, 2.24) is 5.32 Å². The van der Waals surface area contributed by atoms with E-state index in [2.05, 4.69) is 12.2 Å². The molecule has 30 heavy (non-hydrogen) atoms. The van der Waals surface area contributed by atoms with E-state index in [1.54, 1.807) is 13.8 Å². The number of alkyl halides is 1. The fraction of sp³-hybridized carbons (Fsp3) is 0.962. The third kappa shape index (κ3) is 8.24. The Morgan fingerprint density at radius 2 is 1.13 bits per heavy atom. The van der Waals surface area contributed by atoms with Gasteiger partial charge in [-0.15, -0.1) is 0 Å². The number of rotatable bonds is 7. The Balaban J connectivity index is 1.27. The van der Waals surface area contributed by atoms with Gasteiger partial charge in [0.1, 0.15) is 0 Å². The lowest BCUT2D eigenvalue weighted by atomic mass is 9.70. The lowest BCUT2D eigenvalue weighted by Crippen LogP contribution is -2.40. The van der Waals surface area contributed by atoms with E-state index >= 15 is 0 Å². The minimum Gasteiger partial charge on any atom is -0.428 e. The van der Waals surface area contributed by atoms with E-state index in [4.69, 9.17) is 16.3 Å². The number of hydrogen-bond donors (Lipinski definition) is 1. The van der Waals surface area contributed by atoms with Crippen molar-refractivity contribution in [2.45, 2.75) is 128 Å². The lowest BCUT2D eigenvalue weighted by Gasteiger charge is -2.36. The molecule has 0 bridgehead atoms. The highest BCUT2D eigenvalue weighted by Gasteiger charge is 2.30. The molecule has 3 rings (SSSR count). The molecule has 0 aliphatic heterocycles. The number of carbonyl (C=O) groups excluding carboxylic acids is 1. The Hall–Kier alpha value is -0.440. The van der Waals surface area contributed by atoms with E-state index in [1.165, 1.54) is 83.5 Å². The van der Waals surface area contributed by atoms with Gasteiger partial charge in [-0.05, 0) is 82.0 Å². The fourth-order valence-electron chi connectivity index (χ4n) is 6.48. The Kier molecular flexibility index (Phi) is 9.23. The van der Waals surface area contributed by atoms with Crippen molar-refractivity contribution in [3.8, 4) is 0 Å². The van der Waals surface area contributed by atoms with Gasteiger partial charge >= 0.3 is 6.09 Å². The molecule has 0 aromatic heterocycles. The number of carbonyl (C=O) groups is 1. The Bertz CT molecular complexity index is 508. The molecular weight excluding hydrogens is 394 g/mol. The fourth-order valence-corrected chi connectivity index (χ4v) is 6.55. The quantitative estimate of drug-likeness (QED) is 0.407. The van der Waals surface area contributed by atoms with Gasteiger partial charge in [0, 0.05) is 6.04 Å². The minimum absolute atomic E-state index is 0.256. The standard InChI is InChI=1S/C26H46ClNO2/c1-4-19-5-7-20(8-6-19)17-21-9-11-22(12-10-21)18-23-13-15-24(16-14-23)28-25(29)30-26(2,3)27/h19-24H,4-18H2,1-3H3,(H,28,29). The monoisotopic (exact) mass is 439 g/mol. The van der Waals surface area contributed by atoms with Gasteiger partial charge in [0.2, 0.25) is 0 Å². The SMILES string of the molecule is CCC1CCC(CC2CCC(CC3CCC(NC(=O)OC(C)(C)Cl)CC3)CC2)CC1. The Morgan fingerprint density at radius 3 is 1.50 bits per heavy atom. The second-order valence-electron chi connectivity index (χ2n) is 11.3. The first-order chi connectivity index (χ1) is 14.3. The van der Waals surface area contributed by atoms with Gasteiger partial charge in [0.15, 0.2) is 5.06 Å². The average molecular weight is 440 g/mol. The molecule has 1 N–H and O–H groups in total. The highest BCUT2D eigenvalue weighted by molar-refractivity contribution is 6.22. The molecule has 1 amide bonds. The maximum absolute atomic E-state index is 11.9. The van der Waals surface area contributed by atoms with Crippen LogP contribution in [0.25, 0.3) is 0 Å². The average Bonchev–Trinajstić information content (AvgIpc) is 2.70. The molecule has 4 heteroatoms. The first kappa shape index (κ1) is 24.2. The van der Waals surface area contributed by atoms with Crippen molar-refractivity contribution in [2.75, 3.05) is 0 Å². The number of alkyl carbamates (subject to hydrolysis) is 1. The smallest absolute Gasteiger partial charge is 0.409 e. The predicted molar refractivity (Wildman–Crippen MR) is 126 cm³/mol. The highest BCUT2D eigenvalue weighted by Crippen LogP contribution is 2.41. The van der Waals surface area contributed by atoms with Crippen LogP contribution in [-0.4, -0.2) is 17.2 Å². The molecule has 0 unspecified atom stereocenters. The van der Waals surface area contributed by atoms with E-state index in [-0.39, 0.29) is 12.1 Å². The number of amides is 1. The molecule has 0 aromatic rings. The molecule has 0 radical (unpaired) electrons. The van der Waals surface area contributed by atoms with E-state index < -0.39 is 5.06 Å². The van der Waals surface area contributed by atoms with Crippen LogP contribution in [0.3, 0.4) is 0 Å². The summed E-state index contributed by atoms with van der Waals surface area (Å²) in [6.45, 7) is 5.75. The highest BCUT2D eigenvalue weighted by atomic mass is 35.5. The summed E-state index contributed by atoms with van der Waals surface area (Å²) in [5.74, 6) is 4.89. The van der Waals surface area contributed by atoms with Crippen molar-refractivity contribution in [1.29, 1.82) is 0 Å². The van der Waals surface area contributed by atoms with Gasteiger partial charge in [0.25, 0.3) is 0 Å². The Morgan fingerprint density at radius 1 is 0.767 bits per heavy atom. The van der Waals surface area contributed by atoms with Gasteiger partial charge in [-0.2, -0.15) is 0 Å². The summed E-state index contributed by atoms with van der Waals surface area (Å²) >= 11 is 5.97. The largest absolute Gasteiger partial charge is 0.428 e. The summed E-state index contributed by atoms with van der Waals surface area (Å²) in [5.41, 5.74) is 0. The van der Waals surface area contributed by atoms with Crippen LogP contribution in [0.4, 0.5) is 4.79 Å². The molecular formula is C26H46ClNO2. The van der Waals surface area contributed by atoms with Crippen LogP contribution in [0.15, 0.2) is 0 Å². The second kappa shape index (κ2) is 11.4. The number of hydrogen-bond acceptors (Lipinski definition) is 2. The van der Waals surface area contributed by atoms with Crippen molar-refractivity contribution < 1.29 is 9.53 Å². The van der Waals surface area contributed by atoms with Crippen LogP contribution in [0.1, 0.15) is 117 Å². The first-order valence-corrected chi connectivity index (χ1v) is 13.4. The van der Waals surface area contributed by atoms with Gasteiger partial charge in [-0.3, -0.25) is 0 Å². The molecule has 0 aromatic carbocycles. The maximum atomic E-state index is 11.9. The zero-order valence-corrected chi connectivity index (χ0v) is 20.5. The molecule has 3 aliphatic rings. The zero-order valence-electron chi connectivity index (χ0n) is 19.8. The van der Waals surface area contributed by atoms with Gasteiger partial charge in [-0.25, -0.2) is 4.79 Å². The molecule has 0 heterocycles. The molecule has 3 saturated carbocycles. The van der Waals surface area contributed by atoms with Crippen LogP contribution in [0.2, 0.25) is 0 Å². The number of halogens is 1. The first-order valence-electron chi connectivity index (χ1n) is 13.0. The summed E-state index contributed by atoms with van der Waals surface area (Å²) in [5, 5.41) is 2.07. The van der Waals surface area contributed by atoms with Crippen LogP contribution in [0.5, 0.6) is 0 Å². The minimum atomic E-state index is -0.935.